The molecule has 0 unspecified atom stereocenters. The van der Waals surface area contributed by atoms with Gasteiger partial charge in [0.25, 0.3) is 5.91 Å². The van der Waals surface area contributed by atoms with Crippen LogP contribution in [0, 0.1) is 18.3 Å². The van der Waals surface area contributed by atoms with Gasteiger partial charge in [0, 0.05) is 42.8 Å². The normalized spacial score (nSPS) is 11.4. The quantitative estimate of drug-likeness (QED) is 0.531. The van der Waals surface area contributed by atoms with Crippen molar-refractivity contribution in [2.45, 2.75) is 13.5 Å². The number of nitriles is 1. The SMILES string of the molecule is Cc1c(/C=C(/C#N)C(=O)N(C)C)c2ccccc2n1Cc1ccccc1. The van der Waals surface area contributed by atoms with Gasteiger partial charge < -0.3 is 9.47 Å². The Hall–Kier alpha value is -3.32. The van der Waals surface area contributed by atoms with Crippen molar-refractivity contribution in [1.29, 1.82) is 5.26 Å². The van der Waals surface area contributed by atoms with Crippen LogP contribution in [0.2, 0.25) is 0 Å². The van der Waals surface area contributed by atoms with Crippen LogP contribution in [-0.2, 0) is 11.3 Å². The highest BCUT2D eigenvalue weighted by Crippen LogP contribution is 2.29. The molecule has 0 aliphatic carbocycles. The van der Waals surface area contributed by atoms with E-state index >= 15 is 0 Å². The van der Waals surface area contributed by atoms with Gasteiger partial charge in [-0.1, -0.05) is 48.5 Å². The van der Waals surface area contributed by atoms with Crippen molar-refractivity contribution in [2.75, 3.05) is 14.1 Å². The number of likely N-dealkylation sites (N-methyl/N-ethyl adjacent to an activating group) is 1. The number of para-hydroxylation sites is 1. The number of nitrogens with zero attached hydrogens (tertiary/aromatic N) is 3. The van der Waals surface area contributed by atoms with Crippen molar-refractivity contribution < 1.29 is 4.79 Å². The van der Waals surface area contributed by atoms with E-state index in [4.69, 9.17) is 0 Å². The Bertz CT molecular complexity index is 1020. The van der Waals surface area contributed by atoms with Crippen LogP contribution >= 0.6 is 0 Å². The topological polar surface area (TPSA) is 49.0 Å². The van der Waals surface area contributed by atoms with Crippen molar-refractivity contribution in [3.8, 4) is 6.07 Å². The van der Waals surface area contributed by atoms with E-state index in [9.17, 15) is 10.1 Å². The molecule has 4 nitrogen and oxygen atoms in total. The average Bonchev–Trinajstić information content (AvgIpc) is 2.92. The summed E-state index contributed by atoms with van der Waals surface area (Å²) in [6, 6.07) is 20.4. The fourth-order valence-corrected chi connectivity index (χ4v) is 3.14. The fourth-order valence-electron chi connectivity index (χ4n) is 3.14. The van der Waals surface area contributed by atoms with Gasteiger partial charge in [0.15, 0.2) is 0 Å². The molecule has 0 aliphatic heterocycles. The molecule has 1 heterocycles. The van der Waals surface area contributed by atoms with Crippen molar-refractivity contribution in [3.05, 3.63) is 77.0 Å². The van der Waals surface area contributed by atoms with Gasteiger partial charge >= 0.3 is 0 Å². The first-order valence-corrected chi connectivity index (χ1v) is 8.48. The van der Waals surface area contributed by atoms with Crippen molar-refractivity contribution in [1.82, 2.24) is 9.47 Å². The minimum Gasteiger partial charge on any atom is -0.344 e. The number of carbonyl (C=O) groups excluding carboxylic acids is 1. The summed E-state index contributed by atoms with van der Waals surface area (Å²) in [6.45, 7) is 2.77. The number of hydrogen-bond acceptors (Lipinski definition) is 2. The van der Waals surface area contributed by atoms with E-state index in [0.29, 0.717) is 0 Å². The predicted molar refractivity (Wildman–Crippen MR) is 105 cm³/mol. The Labute approximate surface area is 153 Å². The van der Waals surface area contributed by atoms with Crippen LogP contribution in [0.25, 0.3) is 17.0 Å². The molecule has 4 heteroatoms. The number of amides is 1. The second-order valence-electron chi connectivity index (χ2n) is 6.46. The minimum atomic E-state index is -0.285. The summed E-state index contributed by atoms with van der Waals surface area (Å²) in [5.74, 6) is -0.285. The summed E-state index contributed by atoms with van der Waals surface area (Å²) in [4.78, 5) is 13.7. The third kappa shape index (κ3) is 3.25. The van der Waals surface area contributed by atoms with Gasteiger partial charge in [-0.3, -0.25) is 4.79 Å². The molecule has 0 atom stereocenters. The highest BCUT2D eigenvalue weighted by Gasteiger charge is 2.16. The van der Waals surface area contributed by atoms with Gasteiger partial charge in [-0.25, -0.2) is 0 Å². The summed E-state index contributed by atoms with van der Waals surface area (Å²) < 4.78 is 2.23. The Morgan fingerprint density at radius 2 is 1.77 bits per heavy atom. The van der Waals surface area contributed by atoms with Gasteiger partial charge in [-0.15, -0.1) is 0 Å². The molecule has 1 amide bonds. The zero-order valence-electron chi connectivity index (χ0n) is 15.2. The van der Waals surface area contributed by atoms with Crippen molar-refractivity contribution in [2.24, 2.45) is 0 Å². The van der Waals surface area contributed by atoms with Crippen molar-refractivity contribution in [3.63, 3.8) is 0 Å². The predicted octanol–water partition coefficient (Wildman–Crippen LogP) is 3.99. The largest absolute Gasteiger partial charge is 0.344 e. The molecular formula is C22H21N3O. The molecule has 1 aromatic heterocycles. The second-order valence-corrected chi connectivity index (χ2v) is 6.46. The number of aromatic nitrogens is 1. The highest BCUT2D eigenvalue weighted by atomic mass is 16.2. The van der Waals surface area contributed by atoms with Gasteiger partial charge in [0.05, 0.1) is 0 Å². The molecule has 2 aromatic carbocycles. The lowest BCUT2D eigenvalue weighted by Crippen LogP contribution is -2.22. The summed E-state index contributed by atoms with van der Waals surface area (Å²) in [6.07, 6.45) is 1.71. The number of rotatable bonds is 4. The van der Waals surface area contributed by atoms with Crippen LogP contribution in [0.15, 0.2) is 60.2 Å². The number of carbonyl (C=O) groups is 1. The zero-order valence-corrected chi connectivity index (χ0v) is 15.2. The average molecular weight is 343 g/mol. The molecule has 0 radical (unpaired) electrons. The summed E-state index contributed by atoms with van der Waals surface area (Å²) in [5.41, 5.74) is 4.39. The standard InChI is InChI=1S/C22H21N3O/c1-16-20(13-18(14-23)22(26)24(2)3)19-11-7-8-12-21(19)25(16)15-17-9-5-4-6-10-17/h4-13H,15H2,1-3H3/b18-13-. The molecule has 26 heavy (non-hydrogen) atoms. The first-order valence-electron chi connectivity index (χ1n) is 8.48. The lowest BCUT2D eigenvalue weighted by atomic mass is 10.1. The van der Waals surface area contributed by atoms with Crippen LogP contribution in [0.1, 0.15) is 16.8 Å². The second kappa shape index (κ2) is 7.28. The van der Waals surface area contributed by atoms with Gasteiger partial charge in [0.2, 0.25) is 0 Å². The Balaban J connectivity index is 2.17. The van der Waals surface area contributed by atoms with Gasteiger partial charge in [0.1, 0.15) is 11.6 Å². The first kappa shape index (κ1) is 17.5. The van der Waals surface area contributed by atoms with Crippen LogP contribution in [0.4, 0.5) is 0 Å². The maximum Gasteiger partial charge on any atom is 0.264 e. The highest BCUT2D eigenvalue weighted by molar-refractivity contribution is 6.04. The molecule has 0 aliphatic rings. The Kier molecular flexibility index (Phi) is 4.90. The summed E-state index contributed by atoms with van der Waals surface area (Å²) in [7, 11) is 3.30. The number of benzene rings is 2. The molecule has 0 N–H and O–H groups in total. The molecule has 130 valence electrons. The van der Waals surface area contributed by atoms with Crippen LogP contribution in [0.5, 0.6) is 0 Å². The van der Waals surface area contributed by atoms with Crippen LogP contribution in [0.3, 0.4) is 0 Å². The molecule has 0 saturated heterocycles. The van der Waals surface area contributed by atoms with E-state index in [0.717, 1.165) is 28.7 Å². The van der Waals surface area contributed by atoms with E-state index in [1.807, 2.05) is 49.4 Å². The fraction of sp³-hybridized carbons (Fsp3) is 0.182. The van der Waals surface area contributed by atoms with E-state index in [2.05, 4.69) is 22.8 Å². The third-order valence-electron chi connectivity index (χ3n) is 4.51. The van der Waals surface area contributed by atoms with E-state index in [1.54, 1.807) is 20.2 Å². The minimum absolute atomic E-state index is 0.140. The smallest absolute Gasteiger partial charge is 0.264 e. The lowest BCUT2D eigenvalue weighted by Gasteiger charge is -2.09. The van der Waals surface area contributed by atoms with Crippen LogP contribution in [-0.4, -0.2) is 29.5 Å². The molecule has 3 aromatic rings. The Morgan fingerprint density at radius 3 is 2.42 bits per heavy atom. The zero-order chi connectivity index (χ0) is 18.7. The number of hydrogen-bond donors (Lipinski definition) is 0. The monoisotopic (exact) mass is 343 g/mol. The van der Waals surface area contributed by atoms with Crippen molar-refractivity contribution >= 4 is 22.9 Å². The van der Waals surface area contributed by atoms with E-state index < -0.39 is 0 Å². The maximum absolute atomic E-state index is 12.3. The first-order chi connectivity index (χ1) is 12.5. The summed E-state index contributed by atoms with van der Waals surface area (Å²) >= 11 is 0. The molecular weight excluding hydrogens is 322 g/mol. The third-order valence-corrected chi connectivity index (χ3v) is 4.51. The molecule has 0 fully saturated rings. The molecule has 0 saturated carbocycles. The Morgan fingerprint density at radius 1 is 1.12 bits per heavy atom. The van der Waals surface area contributed by atoms with E-state index in [1.165, 1.54) is 10.5 Å². The van der Waals surface area contributed by atoms with Gasteiger partial charge in [-0.2, -0.15) is 5.26 Å². The number of fused-ring (bicyclic) bond motifs is 1. The molecule has 0 bridgehead atoms. The molecule has 3 rings (SSSR count). The molecule has 0 spiro atoms. The lowest BCUT2D eigenvalue weighted by molar-refractivity contribution is -0.124. The summed E-state index contributed by atoms with van der Waals surface area (Å²) in [5, 5.41) is 10.5. The van der Waals surface area contributed by atoms with Gasteiger partial charge in [-0.05, 0) is 24.6 Å². The van der Waals surface area contributed by atoms with E-state index in [-0.39, 0.29) is 11.5 Å². The van der Waals surface area contributed by atoms with Crippen LogP contribution < -0.4 is 0 Å². The maximum atomic E-state index is 12.3.